The second-order valence-electron chi connectivity index (χ2n) is 8.71. The highest BCUT2D eigenvalue weighted by atomic mass is 32.2. The molecule has 6 nitrogen and oxygen atoms in total. The van der Waals surface area contributed by atoms with Crippen LogP contribution < -0.4 is 4.90 Å². The molecule has 2 aromatic heterocycles. The maximum absolute atomic E-state index is 12.3. The Hall–Kier alpha value is -1.25. The molecule has 5 rings (SSSR count). The van der Waals surface area contributed by atoms with Crippen LogP contribution in [0.3, 0.4) is 0 Å². The molecule has 29 heavy (non-hydrogen) atoms. The van der Waals surface area contributed by atoms with Crippen LogP contribution in [-0.4, -0.2) is 54.6 Å². The summed E-state index contributed by atoms with van der Waals surface area (Å²) in [6, 6.07) is 0.0906. The highest BCUT2D eigenvalue weighted by Crippen LogP contribution is 2.44. The molecule has 1 saturated carbocycles. The molecule has 0 amide bonds. The van der Waals surface area contributed by atoms with Crippen LogP contribution in [0.2, 0.25) is 0 Å². The van der Waals surface area contributed by atoms with Crippen molar-refractivity contribution < 1.29 is 8.42 Å². The summed E-state index contributed by atoms with van der Waals surface area (Å²) >= 11 is 1.88. The van der Waals surface area contributed by atoms with Gasteiger partial charge in [-0.1, -0.05) is 0 Å². The highest BCUT2D eigenvalue weighted by molar-refractivity contribution is 7.89. The third kappa shape index (κ3) is 3.57. The van der Waals surface area contributed by atoms with E-state index in [4.69, 9.17) is 9.97 Å². The molecule has 0 radical (unpaired) electrons. The molecule has 0 spiro atoms. The Kier molecular flexibility index (Phi) is 5.07. The Morgan fingerprint density at radius 2 is 1.83 bits per heavy atom. The van der Waals surface area contributed by atoms with E-state index in [9.17, 15) is 8.42 Å². The zero-order chi connectivity index (χ0) is 20.2. The number of aromatic nitrogens is 2. The lowest BCUT2D eigenvalue weighted by molar-refractivity contribution is 0.312. The fourth-order valence-corrected chi connectivity index (χ4v) is 7.11. The molecule has 0 atom stereocenters. The first-order valence-corrected chi connectivity index (χ1v) is 13.4. The van der Waals surface area contributed by atoms with Crippen LogP contribution in [-0.2, 0) is 22.9 Å². The van der Waals surface area contributed by atoms with Crippen molar-refractivity contribution in [3.63, 3.8) is 0 Å². The fraction of sp³-hybridized carbons (Fsp3) is 0.714. The zero-order valence-corrected chi connectivity index (χ0v) is 19.0. The van der Waals surface area contributed by atoms with Crippen molar-refractivity contribution in [2.45, 2.75) is 70.3 Å². The third-order valence-corrected chi connectivity index (χ3v) is 9.93. The Morgan fingerprint density at radius 1 is 1.10 bits per heavy atom. The summed E-state index contributed by atoms with van der Waals surface area (Å²) in [5.41, 5.74) is 1.49. The number of sulfonamides is 1. The standard InChI is InChI=1S/C21H30N4O2S2/c1-3-29(26,27)24(2)15-10-12-25(13-11-15)20-18-16-6-4-5-7-17(16)28-21(18)23-19(22-20)14-8-9-14/h14-15H,3-13H2,1-2H3. The van der Waals surface area contributed by atoms with E-state index in [0.717, 1.165) is 44.0 Å². The largest absolute Gasteiger partial charge is 0.356 e. The smallest absolute Gasteiger partial charge is 0.213 e. The lowest BCUT2D eigenvalue weighted by Crippen LogP contribution is -2.46. The topological polar surface area (TPSA) is 66.4 Å². The summed E-state index contributed by atoms with van der Waals surface area (Å²) in [4.78, 5) is 15.2. The lowest BCUT2D eigenvalue weighted by Gasteiger charge is -2.37. The summed E-state index contributed by atoms with van der Waals surface area (Å²) in [5.74, 6) is 2.85. The zero-order valence-electron chi connectivity index (χ0n) is 17.4. The molecule has 2 aliphatic carbocycles. The van der Waals surface area contributed by atoms with Gasteiger partial charge in [0.25, 0.3) is 0 Å². The molecule has 1 aliphatic heterocycles. The van der Waals surface area contributed by atoms with E-state index in [1.165, 1.54) is 52.8 Å². The van der Waals surface area contributed by atoms with Crippen LogP contribution in [0.15, 0.2) is 0 Å². The summed E-state index contributed by atoms with van der Waals surface area (Å²) < 4.78 is 26.1. The van der Waals surface area contributed by atoms with Crippen LogP contribution in [0.5, 0.6) is 0 Å². The minimum atomic E-state index is -3.14. The molecule has 158 valence electrons. The van der Waals surface area contributed by atoms with E-state index in [2.05, 4.69) is 4.90 Å². The van der Waals surface area contributed by atoms with Crippen LogP contribution in [0.1, 0.15) is 67.6 Å². The van der Waals surface area contributed by atoms with Gasteiger partial charge in [0, 0.05) is 37.0 Å². The molecular formula is C21H30N4O2S2. The Bertz CT molecular complexity index is 1020. The molecule has 0 bridgehead atoms. The minimum Gasteiger partial charge on any atom is -0.356 e. The number of rotatable bonds is 5. The molecule has 0 N–H and O–H groups in total. The van der Waals surface area contributed by atoms with Gasteiger partial charge < -0.3 is 4.90 Å². The summed E-state index contributed by atoms with van der Waals surface area (Å²) in [6.07, 6.45) is 8.97. The summed E-state index contributed by atoms with van der Waals surface area (Å²) in [5, 5.41) is 1.29. The fourth-order valence-electron chi connectivity index (χ4n) is 4.78. The number of thiophene rings is 1. The monoisotopic (exact) mass is 434 g/mol. The number of hydrogen-bond donors (Lipinski definition) is 0. The maximum atomic E-state index is 12.3. The van der Waals surface area contributed by atoms with Crippen LogP contribution in [0.25, 0.3) is 10.2 Å². The molecule has 3 heterocycles. The molecule has 2 fully saturated rings. The van der Waals surface area contributed by atoms with Crippen molar-refractivity contribution >= 4 is 37.4 Å². The van der Waals surface area contributed by atoms with E-state index in [-0.39, 0.29) is 11.8 Å². The Labute approximate surface area is 177 Å². The second kappa shape index (κ2) is 7.46. The molecule has 3 aliphatic rings. The van der Waals surface area contributed by atoms with Crippen molar-refractivity contribution in [2.75, 3.05) is 30.8 Å². The van der Waals surface area contributed by atoms with E-state index in [0.29, 0.717) is 5.92 Å². The van der Waals surface area contributed by atoms with Crippen LogP contribution >= 0.6 is 11.3 Å². The van der Waals surface area contributed by atoms with Crippen molar-refractivity contribution in [1.82, 2.24) is 14.3 Å². The lowest BCUT2D eigenvalue weighted by atomic mass is 9.96. The number of aryl methyl sites for hydroxylation is 2. The van der Waals surface area contributed by atoms with E-state index in [1.807, 2.05) is 11.3 Å². The van der Waals surface area contributed by atoms with Crippen molar-refractivity contribution in [2.24, 2.45) is 0 Å². The van der Waals surface area contributed by atoms with Gasteiger partial charge >= 0.3 is 0 Å². The number of fused-ring (bicyclic) bond motifs is 3. The van der Waals surface area contributed by atoms with E-state index < -0.39 is 10.0 Å². The van der Waals surface area contributed by atoms with Crippen molar-refractivity contribution in [1.29, 1.82) is 0 Å². The highest BCUT2D eigenvalue weighted by Gasteiger charge is 2.33. The quantitative estimate of drug-likeness (QED) is 0.718. The van der Waals surface area contributed by atoms with Crippen LogP contribution in [0.4, 0.5) is 5.82 Å². The van der Waals surface area contributed by atoms with Crippen LogP contribution in [0, 0.1) is 0 Å². The van der Waals surface area contributed by atoms with Gasteiger partial charge in [-0.25, -0.2) is 22.7 Å². The predicted octanol–water partition coefficient (Wildman–Crippen LogP) is 3.70. The van der Waals surface area contributed by atoms with Gasteiger partial charge in [-0.05, 0) is 63.9 Å². The second-order valence-corrected chi connectivity index (χ2v) is 12.1. The van der Waals surface area contributed by atoms with Gasteiger partial charge in [0.1, 0.15) is 16.5 Å². The number of piperidine rings is 1. The van der Waals surface area contributed by atoms with Gasteiger partial charge in [0.2, 0.25) is 10.0 Å². The maximum Gasteiger partial charge on any atom is 0.213 e. The summed E-state index contributed by atoms with van der Waals surface area (Å²) in [6.45, 7) is 3.43. The Balaban J connectivity index is 1.46. The third-order valence-electron chi connectivity index (χ3n) is 6.84. The number of anilines is 1. The average molecular weight is 435 g/mol. The van der Waals surface area contributed by atoms with Crippen molar-refractivity contribution in [3.05, 3.63) is 16.3 Å². The normalized spacial score (nSPS) is 21.1. The predicted molar refractivity (Wildman–Crippen MR) is 118 cm³/mol. The van der Waals surface area contributed by atoms with Gasteiger partial charge in [-0.2, -0.15) is 0 Å². The average Bonchev–Trinajstić information content (AvgIpc) is 3.53. The van der Waals surface area contributed by atoms with E-state index in [1.54, 1.807) is 18.3 Å². The summed E-state index contributed by atoms with van der Waals surface area (Å²) in [7, 11) is -1.40. The van der Waals surface area contributed by atoms with E-state index >= 15 is 0 Å². The Morgan fingerprint density at radius 3 is 2.52 bits per heavy atom. The van der Waals surface area contributed by atoms with Gasteiger partial charge in [0.15, 0.2) is 0 Å². The van der Waals surface area contributed by atoms with Gasteiger partial charge in [-0.15, -0.1) is 11.3 Å². The SMILES string of the molecule is CCS(=O)(=O)N(C)C1CCN(c2nc(C3CC3)nc3sc4c(c23)CCCC4)CC1. The number of nitrogens with zero attached hydrogens (tertiary/aromatic N) is 4. The first-order chi connectivity index (χ1) is 14.0. The van der Waals surface area contributed by atoms with Crippen molar-refractivity contribution in [3.8, 4) is 0 Å². The molecular weight excluding hydrogens is 404 g/mol. The first kappa shape index (κ1) is 19.7. The molecule has 8 heteroatoms. The first-order valence-electron chi connectivity index (χ1n) is 11.0. The van der Waals surface area contributed by atoms with Gasteiger partial charge in [0.05, 0.1) is 11.1 Å². The molecule has 0 unspecified atom stereocenters. The molecule has 2 aromatic rings. The van der Waals surface area contributed by atoms with Gasteiger partial charge in [-0.3, -0.25) is 0 Å². The minimum absolute atomic E-state index is 0.0906. The number of hydrogen-bond acceptors (Lipinski definition) is 6. The molecule has 1 saturated heterocycles. The molecule has 0 aromatic carbocycles.